The van der Waals surface area contributed by atoms with Crippen molar-refractivity contribution in [3.05, 3.63) is 86.8 Å². The van der Waals surface area contributed by atoms with Crippen molar-refractivity contribution in [2.24, 2.45) is 0 Å². The number of para-hydroxylation sites is 1. The molecule has 190 valence electrons. The number of hydrogen-bond donors (Lipinski definition) is 1. The van der Waals surface area contributed by atoms with E-state index in [1.807, 2.05) is 24.3 Å². The molecular weight excluding hydrogens is 585 g/mol. The Morgan fingerprint density at radius 3 is 2.53 bits per heavy atom. The molecule has 0 saturated carbocycles. The molecule has 0 aliphatic carbocycles. The van der Waals surface area contributed by atoms with Crippen LogP contribution in [0.25, 0.3) is 0 Å². The topological polar surface area (TPSA) is 69.7 Å². The molecule has 1 saturated heterocycles. The van der Waals surface area contributed by atoms with Gasteiger partial charge in [0.15, 0.2) is 0 Å². The molecule has 10 heteroatoms. The van der Waals surface area contributed by atoms with E-state index in [0.717, 1.165) is 29.4 Å². The number of rotatable bonds is 8. The van der Waals surface area contributed by atoms with E-state index in [4.69, 9.17) is 23.2 Å². The molecule has 4 rings (SSSR count). The van der Waals surface area contributed by atoms with Gasteiger partial charge in [-0.3, -0.25) is 14.0 Å². The van der Waals surface area contributed by atoms with Gasteiger partial charge in [-0.15, -0.1) is 0 Å². The van der Waals surface area contributed by atoms with Crippen molar-refractivity contribution < 1.29 is 13.2 Å². The molecule has 0 aromatic heterocycles. The molecule has 1 unspecified atom stereocenters. The number of sulfonamides is 1. The summed E-state index contributed by atoms with van der Waals surface area (Å²) in [4.78, 5) is 15.0. The third kappa shape index (κ3) is 5.89. The van der Waals surface area contributed by atoms with Crippen molar-refractivity contribution in [1.82, 2.24) is 4.90 Å². The number of nitrogens with zero attached hydrogens (tertiary/aromatic N) is 2. The SMILES string of the molecule is CCN(c1ccccc1)S(=O)(=O)c1cc(NC(=O)CN2CCCC2c2cc(Br)ccc2Cl)ccc1Cl. The van der Waals surface area contributed by atoms with Crippen LogP contribution in [0.5, 0.6) is 0 Å². The molecule has 1 fully saturated rings. The largest absolute Gasteiger partial charge is 0.325 e. The Balaban J connectivity index is 1.52. The van der Waals surface area contributed by atoms with E-state index in [-0.39, 0.29) is 35.0 Å². The van der Waals surface area contributed by atoms with Crippen LogP contribution in [-0.4, -0.2) is 38.9 Å². The Labute approximate surface area is 230 Å². The first kappa shape index (κ1) is 26.9. The third-order valence-corrected chi connectivity index (χ3v) is 9.36. The van der Waals surface area contributed by atoms with Crippen molar-refractivity contribution in [2.45, 2.75) is 30.7 Å². The molecule has 1 amide bonds. The minimum Gasteiger partial charge on any atom is -0.325 e. The zero-order chi connectivity index (χ0) is 25.9. The smallest absolute Gasteiger partial charge is 0.265 e. The molecule has 0 bridgehead atoms. The molecule has 3 aromatic carbocycles. The average Bonchev–Trinajstić information content (AvgIpc) is 3.30. The second kappa shape index (κ2) is 11.5. The van der Waals surface area contributed by atoms with Gasteiger partial charge in [0.25, 0.3) is 10.0 Å². The number of carbonyl (C=O) groups is 1. The highest BCUT2D eigenvalue weighted by Crippen LogP contribution is 2.37. The lowest BCUT2D eigenvalue weighted by molar-refractivity contribution is -0.117. The summed E-state index contributed by atoms with van der Waals surface area (Å²) >= 11 is 16.3. The van der Waals surface area contributed by atoms with Gasteiger partial charge in [0.05, 0.1) is 17.3 Å². The van der Waals surface area contributed by atoms with Crippen LogP contribution in [0.15, 0.2) is 76.1 Å². The Morgan fingerprint density at radius 2 is 1.81 bits per heavy atom. The fraction of sp³-hybridized carbons (Fsp3) is 0.269. The van der Waals surface area contributed by atoms with E-state index >= 15 is 0 Å². The average molecular weight is 611 g/mol. The van der Waals surface area contributed by atoms with E-state index in [1.54, 1.807) is 37.3 Å². The monoisotopic (exact) mass is 609 g/mol. The number of halogens is 3. The van der Waals surface area contributed by atoms with Gasteiger partial charge in [-0.05, 0) is 80.4 Å². The van der Waals surface area contributed by atoms with Crippen LogP contribution in [0.1, 0.15) is 31.4 Å². The van der Waals surface area contributed by atoms with Crippen molar-refractivity contribution >= 4 is 66.4 Å². The highest BCUT2D eigenvalue weighted by atomic mass is 79.9. The Kier molecular flexibility index (Phi) is 8.63. The maximum atomic E-state index is 13.5. The predicted octanol–water partition coefficient (Wildman–Crippen LogP) is 6.75. The summed E-state index contributed by atoms with van der Waals surface area (Å²) in [7, 11) is -3.95. The molecule has 1 heterocycles. The maximum Gasteiger partial charge on any atom is 0.265 e. The van der Waals surface area contributed by atoms with Crippen molar-refractivity contribution in [2.75, 3.05) is 29.3 Å². The first-order chi connectivity index (χ1) is 17.2. The molecule has 1 aliphatic heterocycles. The number of amides is 1. The first-order valence-electron chi connectivity index (χ1n) is 11.6. The van der Waals surface area contributed by atoms with E-state index in [9.17, 15) is 13.2 Å². The molecule has 36 heavy (non-hydrogen) atoms. The normalized spacial score (nSPS) is 16.2. The summed E-state index contributed by atoms with van der Waals surface area (Å²) < 4.78 is 29.2. The van der Waals surface area contributed by atoms with E-state index in [0.29, 0.717) is 16.4 Å². The minimum absolute atomic E-state index is 0.0332. The summed E-state index contributed by atoms with van der Waals surface area (Å²) in [5, 5.41) is 3.60. The second-order valence-corrected chi connectivity index (χ2v) is 12.1. The summed E-state index contributed by atoms with van der Waals surface area (Å²) in [5.74, 6) is -0.242. The zero-order valence-corrected chi connectivity index (χ0v) is 23.5. The van der Waals surface area contributed by atoms with Gasteiger partial charge in [-0.2, -0.15) is 0 Å². The highest BCUT2D eigenvalue weighted by Gasteiger charge is 2.30. The number of hydrogen-bond acceptors (Lipinski definition) is 4. The maximum absolute atomic E-state index is 13.5. The number of likely N-dealkylation sites (tertiary alicyclic amines) is 1. The molecule has 6 nitrogen and oxygen atoms in total. The van der Waals surface area contributed by atoms with Gasteiger partial charge in [-0.1, -0.05) is 57.3 Å². The predicted molar refractivity (Wildman–Crippen MR) is 149 cm³/mol. The lowest BCUT2D eigenvalue weighted by atomic mass is 10.0. The fourth-order valence-electron chi connectivity index (χ4n) is 4.51. The molecule has 0 radical (unpaired) electrons. The molecule has 1 aliphatic rings. The van der Waals surface area contributed by atoms with Crippen LogP contribution in [-0.2, 0) is 14.8 Å². The second-order valence-electron chi connectivity index (χ2n) is 8.49. The summed E-state index contributed by atoms with van der Waals surface area (Å²) in [6.07, 6.45) is 1.86. The molecular formula is C26H26BrCl2N3O3S. The Morgan fingerprint density at radius 1 is 1.08 bits per heavy atom. The Hall–Kier alpha value is -2.10. The van der Waals surface area contributed by atoms with Crippen LogP contribution in [0.3, 0.4) is 0 Å². The standard InChI is InChI=1S/C26H26BrCl2N3O3S/c1-2-32(20-7-4-3-5-8-20)36(34,35)25-16-19(11-13-23(25)29)30-26(33)17-31-14-6-9-24(31)21-15-18(27)10-12-22(21)28/h3-5,7-8,10-13,15-16,24H,2,6,9,14,17H2,1H3,(H,30,33). The lowest BCUT2D eigenvalue weighted by Crippen LogP contribution is -2.33. The minimum atomic E-state index is -3.95. The zero-order valence-electron chi connectivity index (χ0n) is 19.6. The molecule has 1 N–H and O–H groups in total. The Bertz CT molecular complexity index is 1360. The van der Waals surface area contributed by atoms with Crippen molar-refractivity contribution in [3.63, 3.8) is 0 Å². The lowest BCUT2D eigenvalue weighted by Gasteiger charge is -2.25. The number of benzene rings is 3. The van der Waals surface area contributed by atoms with Crippen LogP contribution in [0.2, 0.25) is 10.0 Å². The first-order valence-corrected chi connectivity index (χ1v) is 14.6. The van der Waals surface area contributed by atoms with Gasteiger partial charge in [-0.25, -0.2) is 8.42 Å². The number of anilines is 2. The summed E-state index contributed by atoms with van der Waals surface area (Å²) in [6, 6.07) is 19.1. The van der Waals surface area contributed by atoms with Crippen molar-refractivity contribution in [3.8, 4) is 0 Å². The highest BCUT2D eigenvalue weighted by molar-refractivity contribution is 9.10. The van der Waals surface area contributed by atoms with E-state index < -0.39 is 10.0 Å². The van der Waals surface area contributed by atoms with E-state index in [1.165, 1.54) is 16.4 Å². The van der Waals surface area contributed by atoms with Gasteiger partial charge >= 0.3 is 0 Å². The van der Waals surface area contributed by atoms with Crippen molar-refractivity contribution in [1.29, 1.82) is 0 Å². The summed E-state index contributed by atoms with van der Waals surface area (Å²) in [6.45, 7) is 2.91. The van der Waals surface area contributed by atoms with Crippen LogP contribution in [0.4, 0.5) is 11.4 Å². The van der Waals surface area contributed by atoms with Gasteiger partial charge in [0.2, 0.25) is 5.91 Å². The van der Waals surface area contributed by atoms with Crippen LogP contribution < -0.4 is 9.62 Å². The van der Waals surface area contributed by atoms with Crippen LogP contribution >= 0.6 is 39.1 Å². The van der Waals surface area contributed by atoms with Gasteiger partial charge < -0.3 is 5.32 Å². The third-order valence-electron chi connectivity index (χ3n) is 6.14. The molecule has 0 spiro atoms. The number of carbonyl (C=O) groups excluding carboxylic acids is 1. The molecule has 1 atom stereocenters. The van der Waals surface area contributed by atoms with E-state index in [2.05, 4.69) is 26.1 Å². The fourth-order valence-corrected chi connectivity index (χ4v) is 7.10. The van der Waals surface area contributed by atoms with Crippen LogP contribution in [0, 0.1) is 0 Å². The number of nitrogens with one attached hydrogen (secondary N) is 1. The van der Waals surface area contributed by atoms with Gasteiger partial charge in [0, 0.05) is 27.8 Å². The quantitative estimate of drug-likeness (QED) is 0.306. The molecule has 3 aromatic rings. The van der Waals surface area contributed by atoms with Gasteiger partial charge in [0.1, 0.15) is 4.90 Å². The summed E-state index contributed by atoms with van der Waals surface area (Å²) in [5.41, 5.74) is 1.89.